The number of para-hydroxylation sites is 1. The molecular weight excluding hydrogens is 462 g/mol. The largest absolute Gasteiger partial charge is 0.337 e. The van der Waals surface area contributed by atoms with E-state index in [1.807, 2.05) is 38.8 Å². The zero-order chi connectivity index (χ0) is 25.6. The molecule has 2 atom stereocenters. The highest BCUT2D eigenvalue weighted by Crippen LogP contribution is 2.32. The zero-order valence-electron chi connectivity index (χ0n) is 21.7. The summed E-state index contributed by atoms with van der Waals surface area (Å²) in [5.41, 5.74) is 3.26. The first-order valence-corrected chi connectivity index (χ1v) is 13.5. The first kappa shape index (κ1) is 25.2. The van der Waals surface area contributed by atoms with Crippen LogP contribution in [0.3, 0.4) is 0 Å². The maximum absolute atomic E-state index is 13.6. The van der Waals surface area contributed by atoms with Gasteiger partial charge in [-0.05, 0) is 42.9 Å². The highest BCUT2D eigenvalue weighted by Gasteiger charge is 2.36. The molecule has 1 fully saturated rings. The Morgan fingerprint density at radius 2 is 1.76 bits per heavy atom. The Labute approximate surface area is 219 Å². The quantitative estimate of drug-likeness (QED) is 0.502. The Balaban J connectivity index is 1.42. The van der Waals surface area contributed by atoms with Crippen LogP contribution in [0.5, 0.6) is 0 Å². The summed E-state index contributed by atoms with van der Waals surface area (Å²) in [6.07, 6.45) is 9.85. The molecule has 2 amide bonds. The van der Waals surface area contributed by atoms with Crippen molar-refractivity contribution in [3.63, 3.8) is 0 Å². The van der Waals surface area contributed by atoms with Gasteiger partial charge in [-0.1, -0.05) is 48.5 Å². The van der Waals surface area contributed by atoms with Gasteiger partial charge in [-0.2, -0.15) is 0 Å². The lowest BCUT2D eigenvalue weighted by atomic mass is 10.1. The number of hydrogen-bond donors (Lipinski definition) is 0. The van der Waals surface area contributed by atoms with Gasteiger partial charge < -0.3 is 14.4 Å². The molecule has 0 aliphatic carbocycles. The standard InChI is InChI=1S/C30H37N5O2/c1-24(36)34-18-15-27-13-14-28(35(27)20-25-8-3-2-4-9-25)22-33(21-26-10-5-6-11-29(26)34)30(37)12-7-17-32-19-16-31-23-32/h2-6,8-11,16,19,23,27-28H,7,12-15,17-18,20-22H2,1H3/t27-,28+/m0/s1. The molecule has 7 nitrogen and oxygen atoms in total. The summed E-state index contributed by atoms with van der Waals surface area (Å²) < 4.78 is 2.02. The van der Waals surface area contributed by atoms with Gasteiger partial charge in [0.25, 0.3) is 0 Å². The SMILES string of the molecule is CC(=O)N1CC[C@@H]2CC[C@H](CN(C(=O)CCCn3ccnc3)Cc3ccccc31)N2Cc1ccccc1. The Morgan fingerprint density at radius 1 is 0.973 bits per heavy atom. The number of imidazole rings is 1. The van der Waals surface area contributed by atoms with Crippen LogP contribution < -0.4 is 4.90 Å². The number of aryl methyl sites for hydroxylation is 1. The molecule has 5 rings (SSSR count). The van der Waals surface area contributed by atoms with E-state index in [-0.39, 0.29) is 11.8 Å². The number of carbonyl (C=O) groups is 2. The monoisotopic (exact) mass is 499 g/mol. The van der Waals surface area contributed by atoms with E-state index in [2.05, 4.69) is 46.3 Å². The molecule has 37 heavy (non-hydrogen) atoms. The Kier molecular flexibility index (Phi) is 7.99. The van der Waals surface area contributed by atoms with E-state index < -0.39 is 0 Å². The van der Waals surface area contributed by atoms with Crippen molar-refractivity contribution < 1.29 is 9.59 Å². The smallest absolute Gasteiger partial charge is 0.223 e. The first-order chi connectivity index (χ1) is 18.1. The third kappa shape index (κ3) is 6.10. The number of amides is 2. The van der Waals surface area contributed by atoms with Gasteiger partial charge in [0.05, 0.1) is 6.33 Å². The van der Waals surface area contributed by atoms with E-state index in [9.17, 15) is 9.59 Å². The zero-order valence-corrected chi connectivity index (χ0v) is 21.7. The summed E-state index contributed by atoms with van der Waals surface area (Å²) in [6.45, 7) is 5.21. The summed E-state index contributed by atoms with van der Waals surface area (Å²) in [5.74, 6) is 0.223. The summed E-state index contributed by atoms with van der Waals surface area (Å²) in [5, 5.41) is 0. The molecule has 7 heteroatoms. The third-order valence-corrected chi connectivity index (χ3v) is 7.84. The number of rotatable bonds is 6. The lowest BCUT2D eigenvalue weighted by Gasteiger charge is -2.34. The molecule has 3 heterocycles. The minimum absolute atomic E-state index is 0.0501. The molecule has 0 unspecified atom stereocenters. The van der Waals surface area contributed by atoms with Gasteiger partial charge in [0, 0.05) is 76.2 Å². The Hall–Kier alpha value is -3.45. The summed E-state index contributed by atoms with van der Waals surface area (Å²) >= 11 is 0. The lowest BCUT2D eigenvalue weighted by molar-refractivity contribution is -0.132. The van der Waals surface area contributed by atoms with Gasteiger partial charge in [-0.25, -0.2) is 4.98 Å². The van der Waals surface area contributed by atoms with Gasteiger partial charge in [-0.3, -0.25) is 14.5 Å². The number of carbonyl (C=O) groups excluding carboxylic acids is 2. The molecule has 3 aromatic rings. The van der Waals surface area contributed by atoms with Gasteiger partial charge >= 0.3 is 0 Å². The molecular formula is C30H37N5O2. The molecule has 2 aromatic carbocycles. The minimum Gasteiger partial charge on any atom is -0.337 e. The molecule has 0 N–H and O–H groups in total. The number of nitrogens with zero attached hydrogens (tertiary/aromatic N) is 5. The van der Waals surface area contributed by atoms with Crippen LogP contribution in [0.25, 0.3) is 0 Å². The number of fused-ring (bicyclic) bond motifs is 3. The van der Waals surface area contributed by atoms with Crippen molar-refractivity contribution in [3.8, 4) is 0 Å². The van der Waals surface area contributed by atoms with Crippen LogP contribution in [0.2, 0.25) is 0 Å². The molecule has 194 valence electrons. The average Bonchev–Trinajstić information content (AvgIpc) is 3.54. The third-order valence-electron chi connectivity index (χ3n) is 7.84. The molecule has 0 spiro atoms. The van der Waals surface area contributed by atoms with Crippen molar-refractivity contribution in [1.29, 1.82) is 0 Å². The molecule has 0 saturated carbocycles. The van der Waals surface area contributed by atoms with E-state index in [1.165, 1.54) is 5.56 Å². The fourth-order valence-corrected chi connectivity index (χ4v) is 5.91. The topological polar surface area (TPSA) is 61.7 Å². The molecule has 2 aliphatic rings. The van der Waals surface area contributed by atoms with E-state index in [0.717, 1.165) is 50.0 Å². The molecule has 0 radical (unpaired) electrons. The fraction of sp³-hybridized carbons (Fsp3) is 0.433. The number of anilines is 1. The lowest BCUT2D eigenvalue weighted by Crippen LogP contribution is -2.45. The van der Waals surface area contributed by atoms with Crippen molar-refractivity contribution in [2.75, 3.05) is 18.0 Å². The molecule has 1 saturated heterocycles. The van der Waals surface area contributed by atoms with Crippen molar-refractivity contribution in [2.45, 2.75) is 70.7 Å². The van der Waals surface area contributed by atoms with Crippen LogP contribution >= 0.6 is 0 Å². The van der Waals surface area contributed by atoms with Gasteiger partial charge in [0.2, 0.25) is 11.8 Å². The number of aromatic nitrogens is 2. The highest BCUT2D eigenvalue weighted by atomic mass is 16.2. The molecule has 2 aliphatic heterocycles. The first-order valence-electron chi connectivity index (χ1n) is 13.5. The van der Waals surface area contributed by atoms with Crippen molar-refractivity contribution in [2.24, 2.45) is 0 Å². The van der Waals surface area contributed by atoms with Gasteiger partial charge in [-0.15, -0.1) is 0 Å². The van der Waals surface area contributed by atoms with Crippen LogP contribution in [0.1, 0.15) is 50.2 Å². The number of hydrogen-bond acceptors (Lipinski definition) is 4. The van der Waals surface area contributed by atoms with Crippen molar-refractivity contribution in [1.82, 2.24) is 19.4 Å². The summed E-state index contributed by atoms with van der Waals surface area (Å²) in [6, 6.07) is 19.4. The van der Waals surface area contributed by atoms with Crippen LogP contribution in [-0.2, 0) is 29.2 Å². The van der Waals surface area contributed by atoms with Crippen LogP contribution in [-0.4, -0.2) is 56.3 Å². The van der Waals surface area contributed by atoms with E-state index in [0.29, 0.717) is 38.1 Å². The van der Waals surface area contributed by atoms with Crippen LogP contribution in [0.15, 0.2) is 73.3 Å². The van der Waals surface area contributed by atoms with Crippen molar-refractivity contribution in [3.05, 3.63) is 84.4 Å². The van der Waals surface area contributed by atoms with E-state index >= 15 is 0 Å². The average molecular weight is 500 g/mol. The second-order valence-electron chi connectivity index (χ2n) is 10.3. The fourth-order valence-electron chi connectivity index (χ4n) is 5.91. The highest BCUT2D eigenvalue weighted by molar-refractivity contribution is 5.92. The second-order valence-corrected chi connectivity index (χ2v) is 10.3. The normalized spacial score (nSPS) is 20.4. The van der Waals surface area contributed by atoms with Gasteiger partial charge in [0.15, 0.2) is 0 Å². The Morgan fingerprint density at radius 3 is 2.54 bits per heavy atom. The summed E-state index contributed by atoms with van der Waals surface area (Å²) in [4.78, 5) is 37.1. The minimum atomic E-state index is 0.0501. The summed E-state index contributed by atoms with van der Waals surface area (Å²) in [7, 11) is 0. The van der Waals surface area contributed by atoms with Crippen molar-refractivity contribution >= 4 is 17.5 Å². The molecule has 2 bridgehead atoms. The number of benzene rings is 2. The maximum atomic E-state index is 13.6. The Bertz CT molecular complexity index is 1180. The molecule has 1 aromatic heterocycles. The van der Waals surface area contributed by atoms with Gasteiger partial charge in [0.1, 0.15) is 0 Å². The van der Waals surface area contributed by atoms with E-state index in [4.69, 9.17) is 0 Å². The predicted molar refractivity (Wildman–Crippen MR) is 145 cm³/mol. The predicted octanol–water partition coefficient (Wildman–Crippen LogP) is 4.48. The maximum Gasteiger partial charge on any atom is 0.223 e. The van der Waals surface area contributed by atoms with Crippen LogP contribution in [0.4, 0.5) is 5.69 Å². The van der Waals surface area contributed by atoms with Crippen LogP contribution in [0, 0.1) is 0 Å². The second kappa shape index (κ2) is 11.7. The van der Waals surface area contributed by atoms with E-state index in [1.54, 1.807) is 19.4 Å².